The van der Waals surface area contributed by atoms with Gasteiger partial charge in [0, 0.05) is 6.92 Å². The highest BCUT2D eigenvalue weighted by Crippen LogP contribution is 2.33. The molecule has 8 heteroatoms. The van der Waals surface area contributed by atoms with Crippen molar-refractivity contribution in [3.8, 4) is 5.75 Å². The highest BCUT2D eigenvalue weighted by Gasteiger charge is 2.18. The number of aryl methyl sites for hydroxylation is 1. The molecule has 0 saturated carbocycles. The van der Waals surface area contributed by atoms with E-state index in [0.717, 1.165) is 11.3 Å². The first kappa shape index (κ1) is 15.5. The van der Waals surface area contributed by atoms with Crippen LogP contribution in [0.3, 0.4) is 0 Å². The Morgan fingerprint density at radius 2 is 2.04 bits per heavy atom. The van der Waals surface area contributed by atoms with Gasteiger partial charge in [-0.05, 0) is 24.6 Å². The van der Waals surface area contributed by atoms with Crippen molar-refractivity contribution in [2.45, 2.75) is 30.7 Å². The maximum absolute atomic E-state index is 5.67. The molecule has 0 aliphatic heterocycles. The summed E-state index contributed by atoms with van der Waals surface area (Å²) in [5.41, 5.74) is 1.05. The third-order valence-electron chi connectivity index (χ3n) is 3.10. The normalized spacial score (nSPS) is 12.3. The number of nitrogens with zero attached hydrogens (tertiary/aromatic N) is 4. The van der Waals surface area contributed by atoms with E-state index in [4.69, 9.17) is 13.6 Å². The molecule has 2 heterocycles. The molecule has 0 amide bonds. The maximum Gasteiger partial charge on any atom is 0.277 e. The standard InChI is InChI=1S/C15H16N4O3S/c1-9(14-18-16-10(2)21-14)23-15-19-17-13(22-15)8-11-5-4-6-12(7-11)20-3/h4-7,9H,8H2,1-3H3/t9-/m1/s1. The van der Waals surface area contributed by atoms with E-state index < -0.39 is 0 Å². The van der Waals surface area contributed by atoms with Crippen LogP contribution in [-0.2, 0) is 6.42 Å². The zero-order valence-corrected chi connectivity index (χ0v) is 13.8. The average molecular weight is 332 g/mol. The van der Waals surface area contributed by atoms with Gasteiger partial charge in [0.1, 0.15) is 5.75 Å². The van der Waals surface area contributed by atoms with Gasteiger partial charge in [-0.1, -0.05) is 23.9 Å². The van der Waals surface area contributed by atoms with Crippen LogP contribution in [0.2, 0.25) is 0 Å². The van der Waals surface area contributed by atoms with Crippen LogP contribution in [0, 0.1) is 6.92 Å². The molecule has 0 radical (unpaired) electrons. The van der Waals surface area contributed by atoms with E-state index in [2.05, 4.69) is 20.4 Å². The molecule has 0 N–H and O–H groups in total. The first-order chi connectivity index (χ1) is 11.1. The van der Waals surface area contributed by atoms with Crippen molar-refractivity contribution in [2.24, 2.45) is 0 Å². The number of hydrogen-bond acceptors (Lipinski definition) is 8. The Morgan fingerprint density at radius 3 is 2.78 bits per heavy atom. The van der Waals surface area contributed by atoms with Crippen molar-refractivity contribution in [2.75, 3.05) is 7.11 Å². The smallest absolute Gasteiger partial charge is 0.277 e. The Bertz CT molecular complexity index is 786. The number of aromatic nitrogens is 4. The highest BCUT2D eigenvalue weighted by atomic mass is 32.2. The monoisotopic (exact) mass is 332 g/mol. The molecule has 3 rings (SSSR count). The van der Waals surface area contributed by atoms with E-state index in [1.54, 1.807) is 14.0 Å². The predicted octanol–water partition coefficient (Wildman–Crippen LogP) is 3.21. The molecule has 23 heavy (non-hydrogen) atoms. The fourth-order valence-corrected chi connectivity index (χ4v) is 2.72. The number of benzene rings is 1. The van der Waals surface area contributed by atoms with Crippen molar-refractivity contribution >= 4 is 11.8 Å². The summed E-state index contributed by atoms with van der Waals surface area (Å²) in [5.74, 6) is 2.43. The molecule has 1 aromatic carbocycles. The molecule has 1 atom stereocenters. The van der Waals surface area contributed by atoms with Crippen molar-refractivity contribution in [3.63, 3.8) is 0 Å². The van der Waals surface area contributed by atoms with Crippen molar-refractivity contribution in [1.29, 1.82) is 0 Å². The summed E-state index contributed by atoms with van der Waals surface area (Å²) < 4.78 is 16.3. The zero-order valence-electron chi connectivity index (χ0n) is 13.0. The summed E-state index contributed by atoms with van der Waals surface area (Å²) in [6.07, 6.45) is 0.554. The van der Waals surface area contributed by atoms with Gasteiger partial charge < -0.3 is 13.6 Å². The zero-order chi connectivity index (χ0) is 16.2. The second-order valence-electron chi connectivity index (χ2n) is 4.91. The van der Waals surface area contributed by atoms with Crippen LogP contribution in [-0.4, -0.2) is 27.5 Å². The van der Waals surface area contributed by atoms with Gasteiger partial charge in [0.25, 0.3) is 5.22 Å². The molecule has 2 aromatic heterocycles. The minimum absolute atomic E-state index is 0.0543. The molecule has 0 spiro atoms. The lowest BCUT2D eigenvalue weighted by Gasteiger charge is -2.02. The summed E-state index contributed by atoms with van der Waals surface area (Å²) in [5, 5.41) is 16.4. The van der Waals surface area contributed by atoms with E-state index in [-0.39, 0.29) is 5.25 Å². The van der Waals surface area contributed by atoms with Crippen LogP contribution in [0.5, 0.6) is 5.75 Å². The van der Waals surface area contributed by atoms with Gasteiger partial charge in [-0.15, -0.1) is 20.4 Å². The summed E-state index contributed by atoms with van der Waals surface area (Å²) in [7, 11) is 1.64. The van der Waals surface area contributed by atoms with Crippen LogP contribution >= 0.6 is 11.8 Å². The molecular weight excluding hydrogens is 316 g/mol. The van der Waals surface area contributed by atoms with Crippen LogP contribution < -0.4 is 4.74 Å². The second kappa shape index (κ2) is 6.82. The Hall–Kier alpha value is -2.35. The molecule has 0 fully saturated rings. The fraction of sp³-hybridized carbons (Fsp3) is 0.333. The Kier molecular flexibility index (Phi) is 4.61. The van der Waals surface area contributed by atoms with Crippen LogP contribution in [0.4, 0.5) is 0 Å². The lowest BCUT2D eigenvalue weighted by molar-refractivity contribution is 0.411. The van der Waals surface area contributed by atoms with Crippen LogP contribution in [0.15, 0.2) is 38.3 Å². The fourth-order valence-electron chi connectivity index (χ4n) is 1.99. The van der Waals surface area contributed by atoms with Gasteiger partial charge in [-0.25, -0.2) is 0 Å². The van der Waals surface area contributed by atoms with Crippen LogP contribution in [0.1, 0.15) is 35.4 Å². The molecule has 120 valence electrons. The second-order valence-corrected chi connectivity index (χ2v) is 6.20. The summed E-state index contributed by atoms with van der Waals surface area (Å²) >= 11 is 1.39. The molecule has 0 bridgehead atoms. The molecule has 7 nitrogen and oxygen atoms in total. The van der Waals surface area contributed by atoms with Crippen molar-refractivity contribution in [1.82, 2.24) is 20.4 Å². The van der Waals surface area contributed by atoms with Gasteiger partial charge >= 0.3 is 0 Å². The van der Waals surface area contributed by atoms with E-state index in [9.17, 15) is 0 Å². The molecule has 0 aliphatic carbocycles. The largest absolute Gasteiger partial charge is 0.497 e. The SMILES string of the molecule is COc1cccc(Cc2nnc(S[C@H](C)c3nnc(C)o3)o2)c1. The number of methoxy groups -OCH3 is 1. The minimum Gasteiger partial charge on any atom is -0.497 e. The Labute approximate surface area is 137 Å². The van der Waals surface area contributed by atoms with E-state index in [1.807, 2.05) is 31.2 Å². The molecule has 0 aliphatic rings. The molecular formula is C15H16N4O3S. The third kappa shape index (κ3) is 3.89. The average Bonchev–Trinajstić information content (AvgIpc) is 3.16. The summed E-state index contributed by atoms with van der Waals surface area (Å²) in [6.45, 7) is 3.70. The maximum atomic E-state index is 5.67. The summed E-state index contributed by atoms with van der Waals surface area (Å²) in [4.78, 5) is 0. The first-order valence-electron chi connectivity index (χ1n) is 7.06. The highest BCUT2D eigenvalue weighted by molar-refractivity contribution is 7.99. The van der Waals surface area contributed by atoms with E-state index in [0.29, 0.717) is 29.3 Å². The molecule has 3 aromatic rings. The number of rotatable bonds is 6. The van der Waals surface area contributed by atoms with Gasteiger partial charge in [0.2, 0.25) is 17.7 Å². The van der Waals surface area contributed by atoms with E-state index >= 15 is 0 Å². The first-order valence-corrected chi connectivity index (χ1v) is 7.94. The Balaban J connectivity index is 1.65. The van der Waals surface area contributed by atoms with Crippen LogP contribution in [0.25, 0.3) is 0 Å². The molecule has 0 unspecified atom stereocenters. The summed E-state index contributed by atoms with van der Waals surface area (Å²) in [6, 6.07) is 7.76. The topological polar surface area (TPSA) is 87.1 Å². The minimum atomic E-state index is -0.0543. The quantitative estimate of drug-likeness (QED) is 0.636. The lowest BCUT2D eigenvalue weighted by Crippen LogP contribution is -1.90. The van der Waals surface area contributed by atoms with Crippen molar-refractivity contribution in [3.05, 3.63) is 47.5 Å². The van der Waals surface area contributed by atoms with Gasteiger partial charge in [-0.2, -0.15) is 0 Å². The molecule has 0 saturated heterocycles. The number of hydrogen-bond donors (Lipinski definition) is 0. The lowest BCUT2D eigenvalue weighted by atomic mass is 10.1. The van der Waals surface area contributed by atoms with Gasteiger partial charge in [0.05, 0.1) is 18.8 Å². The van der Waals surface area contributed by atoms with Gasteiger partial charge in [0.15, 0.2) is 0 Å². The van der Waals surface area contributed by atoms with Crippen molar-refractivity contribution < 1.29 is 13.6 Å². The van der Waals surface area contributed by atoms with E-state index in [1.165, 1.54) is 11.8 Å². The number of ether oxygens (including phenoxy) is 1. The number of thioether (sulfide) groups is 1. The predicted molar refractivity (Wildman–Crippen MR) is 83.4 cm³/mol. The van der Waals surface area contributed by atoms with Gasteiger partial charge in [-0.3, -0.25) is 0 Å². The third-order valence-corrected chi connectivity index (χ3v) is 4.03. The Morgan fingerprint density at radius 1 is 1.17 bits per heavy atom.